The van der Waals surface area contributed by atoms with E-state index in [2.05, 4.69) is 10.6 Å². The molecule has 32 heavy (non-hydrogen) atoms. The normalized spacial score (nSPS) is 10.5. The first kappa shape index (κ1) is 21.1. The second-order valence-corrected chi connectivity index (χ2v) is 7.30. The van der Waals surface area contributed by atoms with Crippen molar-refractivity contribution in [2.75, 3.05) is 6.54 Å². The van der Waals surface area contributed by atoms with E-state index >= 15 is 0 Å². The zero-order valence-electron chi connectivity index (χ0n) is 17.6. The van der Waals surface area contributed by atoms with Crippen molar-refractivity contribution in [1.29, 1.82) is 0 Å². The summed E-state index contributed by atoms with van der Waals surface area (Å²) >= 11 is 0. The highest BCUT2D eigenvalue weighted by molar-refractivity contribution is 5.94. The van der Waals surface area contributed by atoms with Gasteiger partial charge >= 0.3 is 0 Å². The molecule has 0 atom stereocenters. The minimum absolute atomic E-state index is 0.134. The van der Waals surface area contributed by atoms with Gasteiger partial charge in [0.1, 0.15) is 0 Å². The summed E-state index contributed by atoms with van der Waals surface area (Å²) in [5.74, 6) is -0.321. The molecule has 0 saturated heterocycles. The van der Waals surface area contributed by atoms with E-state index in [1.54, 1.807) is 12.1 Å². The lowest BCUT2D eigenvalue weighted by molar-refractivity contribution is -0.121. The van der Waals surface area contributed by atoms with Crippen LogP contribution < -0.4 is 10.6 Å². The molecule has 4 rings (SSSR count). The number of hydrogen-bond acceptors (Lipinski definition) is 3. The molecule has 2 amide bonds. The SMILES string of the molecule is O=C(CCNC(=O)c1ccccc1)NCc1cn(-c2ccccc2)nc1-c1ccccc1. The predicted octanol–water partition coefficient (Wildman–Crippen LogP) is 3.98. The number of amides is 2. The van der Waals surface area contributed by atoms with Crippen LogP contribution >= 0.6 is 0 Å². The van der Waals surface area contributed by atoms with Gasteiger partial charge in [-0.25, -0.2) is 4.68 Å². The van der Waals surface area contributed by atoms with Crippen LogP contribution in [0.1, 0.15) is 22.3 Å². The Balaban J connectivity index is 1.39. The average Bonchev–Trinajstić information content (AvgIpc) is 3.29. The zero-order valence-corrected chi connectivity index (χ0v) is 17.6. The summed E-state index contributed by atoms with van der Waals surface area (Å²) < 4.78 is 1.82. The standard InChI is InChI=1S/C26H24N4O2/c31-24(16-17-27-26(32)21-12-6-2-7-13-21)28-18-22-19-30(23-14-8-3-9-15-23)29-25(22)20-10-4-1-5-11-20/h1-15,19H,16-18H2,(H,27,32)(H,28,31). The largest absolute Gasteiger partial charge is 0.352 e. The highest BCUT2D eigenvalue weighted by Gasteiger charge is 2.13. The molecule has 0 aliphatic carbocycles. The molecule has 6 nitrogen and oxygen atoms in total. The van der Waals surface area contributed by atoms with Crippen LogP contribution in [0.3, 0.4) is 0 Å². The van der Waals surface area contributed by atoms with E-state index in [9.17, 15) is 9.59 Å². The van der Waals surface area contributed by atoms with Crippen LogP contribution in [0.25, 0.3) is 16.9 Å². The van der Waals surface area contributed by atoms with E-state index in [0.717, 1.165) is 22.5 Å². The first-order valence-corrected chi connectivity index (χ1v) is 10.5. The molecule has 2 N–H and O–H groups in total. The minimum atomic E-state index is -0.186. The van der Waals surface area contributed by atoms with Crippen molar-refractivity contribution in [2.45, 2.75) is 13.0 Å². The van der Waals surface area contributed by atoms with Gasteiger partial charge in [-0.15, -0.1) is 0 Å². The van der Waals surface area contributed by atoms with Crippen LogP contribution in [-0.4, -0.2) is 28.1 Å². The molecule has 6 heteroatoms. The van der Waals surface area contributed by atoms with Crippen LogP contribution in [-0.2, 0) is 11.3 Å². The summed E-state index contributed by atoms with van der Waals surface area (Å²) in [6.07, 6.45) is 2.14. The van der Waals surface area contributed by atoms with E-state index in [0.29, 0.717) is 12.1 Å². The number of aromatic nitrogens is 2. The van der Waals surface area contributed by atoms with Crippen molar-refractivity contribution < 1.29 is 9.59 Å². The summed E-state index contributed by atoms with van der Waals surface area (Å²) in [5, 5.41) is 10.5. The van der Waals surface area contributed by atoms with E-state index in [1.807, 2.05) is 89.7 Å². The Kier molecular flexibility index (Phi) is 6.72. The highest BCUT2D eigenvalue weighted by Crippen LogP contribution is 2.23. The number of rotatable bonds is 8. The lowest BCUT2D eigenvalue weighted by atomic mass is 10.1. The molecule has 0 unspecified atom stereocenters. The van der Waals surface area contributed by atoms with Crippen LogP contribution in [0.2, 0.25) is 0 Å². The summed E-state index contributed by atoms with van der Waals surface area (Å²) in [6.45, 7) is 0.622. The molecule has 1 aromatic heterocycles. The first-order chi connectivity index (χ1) is 15.7. The Morgan fingerprint density at radius 3 is 2.09 bits per heavy atom. The molecule has 4 aromatic rings. The summed E-state index contributed by atoms with van der Waals surface area (Å²) in [5.41, 5.74) is 4.26. The molecule has 0 bridgehead atoms. The van der Waals surface area contributed by atoms with Gasteiger partial charge in [0.25, 0.3) is 5.91 Å². The number of carbonyl (C=O) groups is 2. The maximum absolute atomic E-state index is 12.4. The molecule has 160 valence electrons. The molecule has 0 aliphatic rings. The molecule has 3 aromatic carbocycles. The third-order valence-corrected chi connectivity index (χ3v) is 5.01. The van der Waals surface area contributed by atoms with Gasteiger partial charge in [-0.05, 0) is 24.3 Å². The van der Waals surface area contributed by atoms with Gasteiger partial charge in [0.05, 0.1) is 11.4 Å². The third kappa shape index (κ3) is 5.29. The second-order valence-electron chi connectivity index (χ2n) is 7.30. The first-order valence-electron chi connectivity index (χ1n) is 10.5. The number of nitrogens with zero attached hydrogens (tertiary/aromatic N) is 2. The van der Waals surface area contributed by atoms with Crippen LogP contribution in [0.15, 0.2) is 97.2 Å². The number of benzene rings is 3. The quantitative estimate of drug-likeness (QED) is 0.449. The van der Waals surface area contributed by atoms with Gasteiger partial charge in [-0.1, -0.05) is 66.7 Å². The van der Waals surface area contributed by atoms with Crippen LogP contribution in [0, 0.1) is 0 Å². The number of hydrogen-bond donors (Lipinski definition) is 2. The highest BCUT2D eigenvalue weighted by atomic mass is 16.2. The molecule has 0 saturated carbocycles. The molecule has 0 fully saturated rings. The van der Waals surface area contributed by atoms with Crippen LogP contribution in [0.4, 0.5) is 0 Å². The smallest absolute Gasteiger partial charge is 0.251 e. The van der Waals surface area contributed by atoms with E-state index in [-0.39, 0.29) is 24.8 Å². The van der Waals surface area contributed by atoms with E-state index in [4.69, 9.17) is 5.10 Å². The Bertz CT molecular complexity index is 1170. The summed E-state index contributed by atoms with van der Waals surface area (Å²) in [7, 11) is 0. The molecule has 0 radical (unpaired) electrons. The number of nitrogens with one attached hydrogen (secondary N) is 2. The lowest BCUT2D eigenvalue weighted by Crippen LogP contribution is -2.30. The van der Waals surface area contributed by atoms with Crippen molar-refractivity contribution in [1.82, 2.24) is 20.4 Å². The number of para-hydroxylation sites is 1. The van der Waals surface area contributed by atoms with Gasteiger partial charge in [0.2, 0.25) is 5.91 Å². The van der Waals surface area contributed by atoms with Crippen molar-refractivity contribution in [3.63, 3.8) is 0 Å². The van der Waals surface area contributed by atoms with Gasteiger partial charge in [-0.2, -0.15) is 5.10 Å². The average molecular weight is 425 g/mol. The fourth-order valence-electron chi connectivity index (χ4n) is 3.35. The topological polar surface area (TPSA) is 76.0 Å². The molecular weight excluding hydrogens is 400 g/mol. The Hall–Kier alpha value is -4.19. The summed E-state index contributed by atoms with van der Waals surface area (Å²) in [6, 6.07) is 28.7. The van der Waals surface area contributed by atoms with E-state index in [1.165, 1.54) is 0 Å². The van der Waals surface area contributed by atoms with Gasteiger partial charge in [0.15, 0.2) is 0 Å². The zero-order chi connectivity index (χ0) is 22.2. The Morgan fingerprint density at radius 2 is 1.41 bits per heavy atom. The third-order valence-electron chi connectivity index (χ3n) is 5.01. The maximum Gasteiger partial charge on any atom is 0.251 e. The van der Waals surface area contributed by atoms with Crippen molar-refractivity contribution in [2.24, 2.45) is 0 Å². The van der Waals surface area contributed by atoms with Gasteiger partial charge < -0.3 is 10.6 Å². The lowest BCUT2D eigenvalue weighted by Gasteiger charge is -2.07. The Morgan fingerprint density at radius 1 is 0.781 bits per heavy atom. The van der Waals surface area contributed by atoms with Crippen LogP contribution in [0.5, 0.6) is 0 Å². The summed E-state index contributed by atoms with van der Waals surface area (Å²) in [4.78, 5) is 24.5. The molecule has 0 spiro atoms. The minimum Gasteiger partial charge on any atom is -0.352 e. The maximum atomic E-state index is 12.4. The predicted molar refractivity (Wildman–Crippen MR) is 124 cm³/mol. The number of carbonyl (C=O) groups excluding carboxylic acids is 2. The van der Waals surface area contributed by atoms with Gasteiger partial charge in [-0.3, -0.25) is 9.59 Å². The van der Waals surface area contributed by atoms with Crippen molar-refractivity contribution in [3.05, 3.63) is 108 Å². The monoisotopic (exact) mass is 424 g/mol. The fourth-order valence-corrected chi connectivity index (χ4v) is 3.35. The molecular formula is C26H24N4O2. The fraction of sp³-hybridized carbons (Fsp3) is 0.115. The van der Waals surface area contributed by atoms with E-state index < -0.39 is 0 Å². The van der Waals surface area contributed by atoms with Crippen molar-refractivity contribution in [3.8, 4) is 16.9 Å². The Labute approximate surface area is 186 Å². The molecule has 0 aliphatic heterocycles. The molecule has 1 heterocycles. The van der Waals surface area contributed by atoms with Crippen molar-refractivity contribution >= 4 is 11.8 Å². The van der Waals surface area contributed by atoms with Gasteiger partial charge in [0, 0.05) is 42.4 Å². The second kappa shape index (κ2) is 10.2.